The van der Waals surface area contributed by atoms with Gasteiger partial charge < -0.3 is 4.90 Å². The number of carbonyl (C=O) groups is 1. The first kappa shape index (κ1) is 15.7. The molecule has 0 unspecified atom stereocenters. The van der Waals surface area contributed by atoms with Crippen molar-refractivity contribution in [2.75, 3.05) is 7.05 Å². The van der Waals surface area contributed by atoms with Crippen LogP contribution in [-0.4, -0.2) is 23.9 Å². The fourth-order valence-electron chi connectivity index (χ4n) is 2.60. The molecule has 0 bridgehead atoms. The fraction of sp³-hybridized carbons (Fsp3) is 0.500. The largest absolute Gasteiger partial charge is 0.339 e. The Morgan fingerprint density at radius 3 is 1.76 bits per heavy atom. The van der Waals surface area contributed by atoms with E-state index >= 15 is 0 Å². The predicted octanol–water partition coefficient (Wildman–Crippen LogP) is 3.79. The lowest BCUT2D eigenvalue weighted by atomic mass is 9.94. The number of hydrogen-bond donors (Lipinski definition) is 0. The molecular weight excluding hydrogens is 293 g/mol. The third-order valence-corrected chi connectivity index (χ3v) is 3.87. The van der Waals surface area contributed by atoms with E-state index in [0.29, 0.717) is 12.8 Å². The molecule has 1 fully saturated rings. The van der Waals surface area contributed by atoms with E-state index < -0.39 is 40.6 Å². The summed E-state index contributed by atoms with van der Waals surface area (Å²) in [6.07, 6.45) is 4.02. The second-order valence-electron chi connectivity index (χ2n) is 5.15. The summed E-state index contributed by atoms with van der Waals surface area (Å²) < 4.78 is 66.5. The highest BCUT2D eigenvalue weighted by Crippen LogP contribution is 2.27. The quantitative estimate of drug-likeness (QED) is 0.462. The molecule has 21 heavy (non-hydrogen) atoms. The number of nitrogens with zero attached hydrogens (tertiary/aromatic N) is 1. The highest BCUT2D eigenvalue weighted by Gasteiger charge is 2.33. The summed E-state index contributed by atoms with van der Waals surface area (Å²) in [7, 11) is 1.32. The standard InChI is InChI=1S/C14H14F5NO/c1-20(7-5-3-2-4-6-7)14(21)8-9(15)11(17)13(19)12(18)10(8)16/h7H,2-6H2,1H3. The van der Waals surface area contributed by atoms with Crippen LogP contribution in [0.1, 0.15) is 42.5 Å². The van der Waals surface area contributed by atoms with Crippen LogP contribution in [0.3, 0.4) is 0 Å². The van der Waals surface area contributed by atoms with Crippen molar-refractivity contribution in [3.05, 3.63) is 34.6 Å². The maximum absolute atomic E-state index is 13.6. The van der Waals surface area contributed by atoms with E-state index in [1.54, 1.807) is 0 Å². The summed E-state index contributed by atoms with van der Waals surface area (Å²) in [6.45, 7) is 0. The predicted molar refractivity (Wildman–Crippen MR) is 65.2 cm³/mol. The average Bonchev–Trinajstić information content (AvgIpc) is 2.51. The van der Waals surface area contributed by atoms with Gasteiger partial charge in [0, 0.05) is 13.1 Å². The Morgan fingerprint density at radius 1 is 0.857 bits per heavy atom. The van der Waals surface area contributed by atoms with Gasteiger partial charge >= 0.3 is 0 Å². The van der Waals surface area contributed by atoms with Gasteiger partial charge in [0.15, 0.2) is 23.3 Å². The van der Waals surface area contributed by atoms with Gasteiger partial charge in [0.2, 0.25) is 5.82 Å². The zero-order valence-corrected chi connectivity index (χ0v) is 11.4. The number of rotatable bonds is 2. The van der Waals surface area contributed by atoms with Crippen LogP contribution in [0.15, 0.2) is 0 Å². The summed E-state index contributed by atoms with van der Waals surface area (Å²) in [4.78, 5) is 13.2. The van der Waals surface area contributed by atoms with E-state index in [9.17, 15) is 26.7 Å². The maximum Gasteiger partial charge on any atom is 0.260 e. The highest BCUT2D eigenvalue weighted by atomic mass is 19.2. The maximum atomic E-state index is 13.6. The lowest BCUT2D eigenvalue weighted by Gasteiger charge is -2.31. The van der Waals surface area contributed by atoms with Crippen molar-refractivity contribution in [3.63, 3.8) is 0 Å². The topological polar surface area (TPSA) is 20.3 Å². The van der Waals surface area contributed by atoms with Crippen LogP contribution < -0.4 is 0 Å². The van der Waals surface area contributed by atoms with E-state index in [0.717, 1.165) is 24.2 Å². The van der Waals surface area contributed by atoms with Crippen LogP contribution in [0.4, 0.5) is 22.0 Å². The minimum atomic E-state index is -2.26. The van der Waals surface area contributed by atoms with Crippen molar-refractivity contribution < 1.29 is 26.7 Å². The minimum Gasteiger partial charge on any atom is -0.339 e. The van der Waals surface area contributed by atoms with Crippen molar-refractivity contribution in [3.8, 4) is 0 Å². The molecule has 1 aliphatic carbocycles. The van der Waals surface area contributed by atoms with Crippen LogP contribution in [0.5, 0.6) is 0 Å². The molecule has 1 amide bonds. The van der Waals surface area contributed by atoms with Gasteiger partial charge in [-0.3, -0.25) is 4.79 Å². The monoisotopic (exact) mass is 307 g/mol. The molecule has 7 heteroatoms. The minimum absolute atomic E-state index is 0.249. The second-order valence-corrected chi connectivity index (χ2v) is 5.15. The number of benzene rings is 1. The van der Waals surface area contributed by atoms with Crippen molar-refractivity contribution in [2.45, 2.75) is 38.1 Å². The number of amides is 1. The van der Waals surface area contributed by atoms with Crippen LogP contribution in [0, 0.1) is 29.1 Å². The lowest BCUT2D eigenvalue weighted by Crippen LogP contribution is -2.39. The first-order chi connectivity index (χ1) is 9.86. The van der Waals surface area contributed by atoms with Gasteiger partial charge in [0.05, 0.1) is 0 Å². The zero-order chi connectivity index (χ0) is 15.7. The van der Waals surface area contributed by atoms with Gasteiger partial charge in [-0.1, -0.05) is 19.3 Å². The second kappa shape index (κ2) is 5.99. The molecule has 0 N–H and O–H groups in total. The number of halogens is 5. The molecule has 1 aromatic rings. The van der Waals surface area contributed by atoms with Crippen LogP contribution in [-0.2, 0) is 0 Å². The number of carbonyl (C=O) groups excluding carboxylic acids is 1. The van der Waals surface area contributed by atoms with E-state index in [-0.39, 0.29) is 6.04 Å². The summed E-state index contributed by atoms with van der Waals surface area (Å²) in [5.74, 6) is -11.8. The Balaban J connectivity index is 2.39. The molecule has 1 aromatic carbocycles. The van der Waals surface area contributed by atoms with Crippen molar-refractivity contribution in [1.29, 1.82) is 0 Å². The molecular formula is C14H14F5NO. The van der Waals surface area contributed by atoms with Crippen LogP contribution >= 0.6 is 0 Å². The van der Waals surface area contributed by atoms with Crippen LogP contribution in [0.25, 0.3) is 0 Å². The Kier molecular flexibility index (Phi) is 4.49. The molecule has 1 aliphatic rings. The highest BCUT2D eigenvalue weighted by molar-refractivity contribution is 5.95. The normalized spacial score (nSPS) is 16.1. The zero-order valence-electron chi connectivity index (χ0n) is 11.4. The molecule has 0 saturated heterocycles. The van der Waals surface area contributed by atoms with Crippen molar-refractivity contribution in [1.82, 2.24) is 4.90 Å². The Bertz CT molecular complexity index is 540. The van der Waals surface area contributed by atoms with E-state index in [1.165, 1.54) is 7.05 Å². The molecule has 0 heterocycles. The molecule has 0 aliphatic heterocycles. The molecule has 2 nitrogen and oxygen atoms in total. The first-order valence-electron chi connectivity index (χ1n) is 6.64. The molecule has 0 aromatic heterocycles. The van der Waals surface area contributed by atoms with Gasteiger partial charge in [0.25, 0.3) is 5.91 Å². The van der Waals surface area contributed by atoms with E-state index in [2.05, 4.69) is 0 Å². The Morgan fingerprint density at radius 2 is 1.29 bits per heavy atom. The third kappa shape index (κ3) is 2.73. The van der Waals surface area contributed by atoms with E-state index in [1.807, 2.05) is 0 Å². The lowest BCUT2D eigenvalue weighted by molar-refractivity contribution is 0.0683. The third-order valence-electron chi connectivity index (χ3n) is 3.87. The fourth-order valence-corrected chi connectivity index (χ4v) is 2.60. The molecule has 0 radical (unpaired) electrons. The van der Waals surface area contributed by atoms with Gasteiger partial charge in [0.1, 0.15) is 5.56 Å². The summed E-state index contributed by atoms with van der Waals surface area (Å²) in [5, 5.41) is 0. The number of hydrogen-bond acceptors (Lipinski definition) is 1. The Hall–Kier alpha value is -1.66. The smallest absolute Gasteiger partial charge is 0.260 e. The van der Waals surface area contributed by atoms with Crippen molar-refractivity contribution in [2.24, 2.45) is 0 Å². The Labute approximate surface area is 118 Å². The van der Waals surface area contributed by atoms with Gasteiger partial charge in [-0.25, -0.2) is 22.0 Å². The molecule has 0 atom stereocenters. The van der Waals surface area contributed by atoms with Gasteiger partial charge in [-0.15, -0.1) is 0 Å². The average molecular weight is 307 g/mol. The molecule has 1 saturated carbocycles. The van der Waals surface area contributed by atoms with Gasteiger partial charge in [-0.2, -0.15) is 0 Å². The molecule has 2 rings (SSSR count). The SMILES string of the molecule is CN(C(=O)c1c(F)c(F)c(F)c(F)c1F)C1CCCCC1. The van der Waals surface area contributed by atoms with E-state index in [4.69, 9.17) is 0 Å². The summed E-state index contributed by atoms with van der Waals surface area (Å²) in [6, 6.07) is -0.249. The van der Waals surface area contributed by atoms with Crippen LogP contribution in [0.2, 0.25) is 0 Å². The molecule has 116 valence electrons. The summed E-state index contributed by atoms with van der Waals surface area (Å²) >= 11 is 0. The first-order valence-corrected chi connectivity index (χ1v) is 6.64. The summed E-state index contributed by atoms with van der Waals surface area (Å²) in [5.41, 5.74) is -1.39. The van der Waals surface area contributed by atoms with Crippen molar-refractivity contribution >= 4 is 5.91 Å². The van der Waals surface area contributed by atoms with Gasteiger partial charge in [-0.05, 0) is 12.8 Å². The molecule has 0 spiro atoms.